The van der Waals surface area contributed by atoms with Gasteiger partial charge in [-0.2, -0.15) is 4.31 Å². The number of amides is 1. The van der Waals surface area contributed by atoms with Crippen LogP contribution in [-0.4, -0.2) is 48.2 Å². The summed E-state index contributed by atoms with van der Waals surface area (Å²) >= 11 is 2.87. The Morgan fingerprint density at radius 3 is 2.67 bits per heavy atom. The average Bonchev–Trinajstić information content (AvgIpc) is 3.46. The highest BCUT2D eigenvalue weighted by atomic mass is 32.2. The van der Waals surface area contributed by atoms with Gasteiger partial charge in [0, 0.05) is 23.9 Å². The zero-order valence-electron chi connectivity index (χ0n) is 16.1. The van der Waals surface area contributed by atoms with Crippen LogP contribution in [0.2, 0.25) is 0 Å². The third kappa shape index (κ3) is 4.29. The van der Waals surface area contributed by atoms with Crippen molar-refractivity contribution in [1.29, 1.82) is 0 Å². The second-order valence-electron chi connectivity index (χ2n) is 6.71. The van der Waals surface area contributed by atoms with Crippen LogP contribution in [0, 0.1) is 5.92 Å². The fourth-order valence-corrected chi connectivity index (χ4v) is 6.55. The van der Waals surface area contributed by atoms with Gasteiger partial charge >= 0.3 is 6.01 Å². The summed E-state index contributed by atoms with van der Waals surface area (Å²) in [4.78, 5) is 14.4. The number of carbonyl (C=O) groups is 1. The van der Waals surface area contributed by atoms with E-state index in [4.69, 9.17) is 4.42 Å². The van der Waals surface area contributed by atoms with Crippen molar-refractivity contribution in [3.8, 4) is 10.8 Å². The van der Waals surface area contributed by atoms with Crippen molar-refractivity contribution >= 4 is 45.0 Å². The summed E-state index contributed by atoms with van der Waals surface area (Å²) in [6, 6.07) is 10.8. The lowest BCUT2D eigenvalue weighted by Gasteiger charge is -2.30. The molecule has 4 rings (SSSR count). The number of anilines is 1. The number of thiophene rings is 1. The SMILES string of the molecule is CSc1ccccc1S(=O)(=O)N1CCC(C(=O)Nc2nnc(-c3cccs3)o2)CC1. The molecule has 0 radical (unpaired) electrons. The Morgan fingerprint density at radius 2 is 1.97 bits per heavy atom. The molecule has 0 unspecified atom stereocenters. The quantitative estimate of drug-likeness (QED) is 0.556. The van der Waals surface area contributed by atoms with Gasteiger partial charge < -0.3 is 4.42 Å². The van der Waals surface area contributed by atoms with Crippen LogP contribution in [0.5, 0.6) is 0 Å². The molecule has 0 saturated carbocycles. The zero-order valence-corrected chi connectivity index (χ0v) is 18.6. The van der Waals surface area contributed by atoms with Gasteiger partial charge in [0.2, 0.25) is 15.9 Å². The molecule has 0 bridgehead atoms. The van der Waals surface area contributed by atoms with E-state index >= 15 is 0 Å². The number of aromatic nitrogens is 2. The van der Waals surface area contributed by atoms with E-state index in [1.807, 2.05) is 29.8 Å². The van der Waals surface area contributed by atoms with E-state index in [2.05, 4.69) is 15.5 Å². The maximum absolute atomic E-state index is 13.0. The summed E-state index contributed by atoms with van der Waals surface area (Å²) in [5.41, 5.74) is 0. The van der Waals surface area contributed by atoms with Crippen molar-refractivity contribution in [2.45, 2.75) is 22.6 Å². The van der Waals surface area contributed by atoms with Crippen molar-refractivity contribution in [2.75, 3.05) is 24.7 Å². The van der Waals surface area contributed by atoms with E-state index in [0.717, 1.165) is 9.77 Å². The van der Waals surface area contributed by atoms with E-state index in [9.17, 15) is 13.2 Å². The molecule has 158 valence electrons. The number of nitrogens with zero attached hydrogens (tertiary/aromatic N) is 3. The summed E-state index contributed by atoms with van der Waals surface area (Å²) < 4.78 is 33.0. The summed E-state index contributed by atoms with van der Waals surface area (Å²) in [6.45, 7) is 0.570. The minimum absolute atomic E-state index is 0.0485. The van der Waals surface area contributed by atoms with Gasteiger partial charge in [0.05, 0.1) is 9.77 Å². The highest BCUT2D eigenvalue weighted by Crippen LogP contribution is 2.30. The molecule has 0 aliphatic carbocycles. The van der Waals surface area contributed by atoms with E-state index in [0.29, 0.717) is 23.6 Å². The van der Waals surface area contributed by atoms with Gasteiger partial charge in [-0.05, 0) is 42.7 Å². The second-order valence-corrected chi connectivity index (χ2v) is 10.4. The normalized spacial score (nSPS) is 15.9. The number of hydrogen-bond donors (Lipinski definition) is 1. The summed E-state index contributed by atoms with van der Waals surface area (Å²) in [5.74, 6) is -0.198. The fourth-order valence-electron chi connectivity index (χ4n) is 3.31. The Balaban J connectivity index is 1.38. The van der Waals surface area contributed by atoms with Crippen molar-refractivity contribution in [3.05, 3.63) is 41.8 Å². The number of benzene rings is 1. The smallest absolute Gasteiger partial charge is 0.322 e. The Labute approximate surface area is 182 Å². The Bertz CT molecular complexity index is 1120. The third-order valence-corrected chi connectivity index (χ3v) is 8.64. The maximum Gasteiger partial charge on any atom is 0.322 e. The van der Waals surface area contributed by atoms with Gasteiger partial charge in [0.1, 0.15) is 0 Å². The van der Waals surface area contributed by atoms with Crippen LogP contribution in [0.3, 0.4) is 0 Å². The predicted molar refractivity (Wildman–Crippen MR) is 116 cm³/mol. The molecule has 1 fully saturated rings. The number of piperidine rings is 1. The van der Waals surface area contributed by atoms with Crippen LogP contribution in [0.25, 0.3) is 10.8 Å². The van der Waals surface area contributed by atoms with Crippen molar-refractivity contribution in [1.82, 2.24) is 14.5 Å². The lowest BCUT2D eigenvalue weighted by Crippen LogP contribution is -2.41. The zero-order chi connectivity index (χ0) is 21.1. The van der Waals surface area contributed by atoms with Crippen LogP contribution in [-0.2, 0) is 14.8 Å². The number of nitrogens with one attached hydrogen (secondary N) is 1. The van der Waals surface area contributed by atoms with Gasteiger partial charge in [-0.25, -0.2) is 8.42 Å². The highest BCUT2D eigenvalue weighted by Gasteiger charge is 2.33. The van der Waals surface area contributed by atoms with E-state index < -0.39 is 10.0 Å². The van der Waals surface area contributed by atoms with Crippen molar-refractivity contribution < 1.29 is 17.6 Å². The minimum atomic E-state index is -3.59. The van der Waals surface area contributed by atoms with Crippen LogP contribution < -0.4 is 5.32 Å². The molecular weight excluding hydrogens is 444 g/mol. The topological polar surface area (TPSA) is 105 Å². The van der Waals surface area contributed by atoms with Gasteiger partial charge in [-0.1, -0.05) is 23.3 Å². The summed E-state index contributed by atoms with van der Waals surface area (Å²) in [7, 11) is -3.59. The molecule has 0 atom stereocenters. The predicted octanol–water partition coefficient (Wildman–Crippen LogP) is 3.56. The van der Waals surface area contributed by atoms with Gasteiger partial charge in [-0.3, -0.25) is 10.1 Å². The van der Waals surface area contributed by atoms with Crippen LogP contribution in [0.4, 0.5) is 6.01 Å². The number of rotatable bonds is 6. The van der Waals surface area contributed by atoms with E-state index in [1.54, 1.807) is 18.2 Å². The first-order valence-electron chi connectivity index (χ1n) is 9.30. The molecular formula is C19H20N4O4S3. The standard InChI is InChI=1S/C19H20N4O4S3/c1-28-14-5-2-3-7-16(14)30(25,26)23-10-8-13(9-11-23)17(24)20-19-22-21-18(27-19)15-6-4-12-29-15/h2-7,12-13H,8-11H2,1H3,(H,20,22,24). The Morgan fingerprint density at radius 1 is 1.20 bits per heavy atom. The van der Waals surface area contributed by atoms with Crippen LogP contribution in [0.1, 0.15) is 12.8 Å². The minimum Gasteiger partial charge on any atom is -0.402 e. The first kappa shape index (κ1) is 21.0. The molecule has 1 N–H and O–H groups in total. The molecule has 1 aliphatic rings. The molecule has 1 aromatic carbocycles. The van der Waals surface area contributed by atoms with Gasteiger partial charge in [-0.15, -0.1) is 28.2 Å². The lowest BCUT2D eigenvalue weighted by atomic mass is 9.97. The first-order chi connectivity index (χ1) is 14.5. The van der Waals surface area contributed by atoms with Crippen molar-refractivity contribution in [3.63, 3.8) is 0 Å². The molecule has 1 amide bonds. The van der Waals surface area contributed by atoms with Gasteiger partial charge in [0.25, 0.3) is 5.89 Å². The first-order valence-corrected chi connectivity index (χ1v) is 12.8. The third-order valence-electron chi connectivity index (χ3n) is 4.90. The molecule has 8 nitrogen and oxygen atoms in total. The number of hydrogen-bond acceptors (Lipinski definition) is 8. The number of thioether (sulfide) groups is 1. The van der Waals surface area contributed by atoms with E-state index in [1.165, 1.54) is 27.4 Å². The molecule has 11 heteroatoms. The number of carbonyl (C=O) groups excluding carboxylic acids is 1. The molecule has 0 spiro atoms. The molecule has 30 heavy (non-hydrogen) atoms. The summed E-state index contributed by atoms with van der Waals surface area (Å²) in [6.07, 6.45) is 2.71. The molecule has 1 saturated heterocycles. The lowest BCUT2D eigenvalue weighted by molar-refractivity contribution is -0.121. The second kappa shape index (κ2) is 8.88. The van der Waals surface area contributed by atoms with Crippen molar-refractivity contribution in [2.24, 2.45) is 5.92 Å². The molecule has 3 aromatic rings. The summed E-state index contributed by atoms with van der Waals surface area (Å²) in [5, 5.41) is 12.4. The average molecular weight is 465 g/mol. The van der Waals surface area contributed by atoms with Crippen LogP contribution >= 0.6 is 23.1 Å². The van der Waals surface area contributed by atoms with E-state index in [-0.39, 0.29) is 30.9 Å². The molecule has 2 aromatic heterocycles. The van der Waals surface area contributed by atoms with Gasteiger partial charge in [0.15, 0.2) is 0 Å². The molecule has 3 heterocycles. The largest absolute Gasteiger partial charge is 0.402 e. The number of sulfonamides is 1. The van der Waals surface area contributed by atoms with Crippen LogP contribution in [0.15, 0.2) is 56.0 Å². The highest BCUT2D eigenvalue weighted by molar-refractivity contribution is 7.99. The Hall–Kier alpha value is -2.21. The Kier molecular flexibility index (Phi) is 6.23. The maximum atomic E-state index is 13.0. The molecule has 1 aliphatic heterocycles. The fraction of sp³-hybridized carbons (Fsp3) is 0.316. The monoisotopic (exact) mass is 464 g/mol.